The minimum Gasteiger partial charge on any atom is -0.458 e. The Labute approximate surface area is 165 Å². The van der Waals surface area contributed by atoms with E-state index in [0.29, 0.717) is 12.0 Å². The van der Waals surface area contributed by atoms with Crippen molar-refractivity contribution in [2.24, 2.45) is 5.92 Å². The van der Waals surface area contributed by atoms with Gasteiger partial charge in [0.2, 0.25) is 0 Å². The number of fused-ring (bicyclic) bond motifs is 1. The molecule has 0 N–H and O–H groups in total. The van der Waals surface area contributed by atoms with E-state index in [1.807, 2.05) is 19.9 Å². The fourth-order valence-electron chi connectivity index (χ4n) is 3.43. The van der Waals surface area contributed by atoms with E-state index in [9.17, 15) is 14.4 Å². The molecule has 0 aromatic heterocycles. The molecular formula is C22H28O6. The van der Waals surface area contributed by atoms with Gasteiger partial charge < -0.3 is 14.2 Å². The first-order valence-corrected chi connectivity index (χ1v) is 9.39. The van der Waals surface area contributed by atoms with Gasteiger partial charge in [-0.05, 0) is 39.7 Å². The third-order valence-corrected chi connectivity index (χ3v) is 5.02. The Morgan fingerprint density at radius 1 is 1.29 bits per heavy atom. The lowest BCUT2D eigenvalue weighted by Gasteiger charge is -2.28. The average molecular weight is 388 g/mol. The fraction of sp³-hybridized carbons (Fsp3) is 0.500. The number of hydrogen-bond acceptors (Lipinski definition) is 6. The number of carbonyl (C=O) groups excluding carboxylic acids is 3. The molecule has 0 amide bonds. The molecule has 6 nitrogen and oxygen atoms in total. The van der Waals surface area contributed by atoms with Crippen molar-refractivity contribution in [3.8, 4) is 0 Å². The highest BCUT2D eigenvalue weighted by Crippen LogP contribution is 2.36. The van der Waals surface area contributed by atoms with Gasteiger partial charge in [0.15, 0.2) is 0 Å². The predicted octanol–water partition coefficient (Wildman–Crippen LogP) is 3.58. The van der Waals surface area contributed by atoms with Gasteiger partial charge in [-0.25, -0.2) is 9.59 Å². The minimum absolute atomic E-state index is 0.0352. The third-order valence-electron chi connectivity index (χ3n) is 5.02. The predicted molar refractivity (Wildman–Crippen MR) is 104 cm³/mol. The Bertz CT molecular complexity index is 757. The second-order valence-electron chi connectivity index (χ2n) is 7.45. The highest BCUT2D eigenvalue weighted by atomic mass is 16.6. The Kier molecular flexibility index (Phi) is 7.00. The molecule has 2 aliphatic rings. The van der Waals surface area contributed by atoms with Gasteiger partial charge in [0.25, 0.3) is 0 Å². The van der Waals surface area contributed by atoms with E-state index in [1.54, 1.807) is 6.92 Å². The van der Waals surface area contributed by atoms with Crippen LogP contribution >= 0.6 is 0 Å². The molecule has 6 heteroatoms. The van der Waals surface area contributed by atoms with E-state index in [1.165, 1.54) is 6.92 Å². The largest absolute Gasteiger partial charge is 0.458 e. The van der Waals surface area contributed by atoms with E-state index < -0.39 is 42.1 Å². The summed E-state index contributed by atoms with van der Waals surface area (Å²) in [5.74, 6) is -2.14. The molecular weight excluding hydrogens is 360 g/mol. The molecule has 0 bridgehead atoms. The summed E-state index contributed by atoms with van der Waals surface area (Å²) in [5, 5.41) is 0. The third kappa shape index (κ3) is 5.21. The molecule has 28 heavy (non-hydrogen) atoms. The van der Waals surface area contributed by atoms with Gasteiger partial charge in [0.05, 0.1) is 11.5 Å². The monoisotopic (exact) mass is 388 g/mol. The molecule has 0 saturated carbocycles. The molecule has 2 rings (SSSR count). The van der Waals surface area contributed by atoms with Gasteiger partial charge >= 0.3 is 17.9 Å². The van der Waals surface area contributed by atoms with E-state index in [0.717, 1.165) is 24.0 Å². The van der Waals surface area contributed by atoms with Gasteiger partial charge in [0.1, 0.15) is 18.3 Å². The van der Waals surface area contributed by atoms with Gasteiger partial charge in [-0.15, -0.1) is 0 Å². The fourth-order valence-corrected chi connectivity index (χ4v) is 3.43. The number of hydrogen-bond donors (Lipinski definition) is 0. The Morgan fingerprint density at radius 2 is 1.96 bits per heavy atom. The molecule has 152 valence electrons. The van der Waals surface area contributed by atoms with Crippen LogP contribution in [0.3, 0.4) is 0 Å². The van der Waals surface area contributed by atoms with Crippen LogP contribution in [0.1, 0.15) is 47.0 Å². The van der Waals surface area contributed by atoms with Crippen molar-refractivity contribution in [2.75, 3.05) is 0 Å². The van der Waals surface area contributed by atoms with Crippen LogP contribution in [-0.4, -0.2) is 36.2 Å². The number of ether oxygens (including phenoxy) is 3. The smallest absolute Gasteiger partial charge is 0.337 e. The van der Waals surface area contributed by atoms with Crippen LogP contribution in [0.25, 0.3) is 0 Å². The van der Waals surface area contributed by atoms with Crippen LogP contribution in [-0.2, 0) is 28.6 Å². The van der Waals surface area contributed by atoms with Crippen molar-refractivity contribution in [1.29, 1.82) is 0 Å². The van der Waals surface area contributed by atoms with Crippen molar-refractivity contribution >= 4 is 17.9 Å². The first kappa shape index (κ1) is 21.7. The summed E-state index contributed by atoms with van der Waals surface area (Å²) in [6.07, 6.45) is 4.22. The number of allylic oxidation sites excluding steroid dienone is 2. The second-order valence-corrected chi connectivity index (χ2v) is 7.45. The Hall–Kier alpha value is -2.63. The number of carbonyl (C=O) groups is 3. The SMILES string of the molecule is C=C(C(=O)OC1CC(C)=CCCC(C)=CC2OC(=O)C(=C)C21)C(C)OC(C)=O. The minimum atomic E-state index is -0.802. The molecule has 1 aliphatic carbocycles. The second kappa shape index (κ2) is 9.04. The molecule has 1 heterocycles. The maximum atomic E-state index is 12.6. The summed E-state index contributed by atoms with van der Waals surface area (Å²) < 4.78 is 16.2. The van der Waals surface area contributed by atoms with Gasteiger partial charge in [-0.1, -0.05) is 30.4 Å². The summed E-state index contributed by atoms with van der Waals surface area (Å²) in [6.45, 7) is 14.3. The number of rotatable bonds is 4. The van der Waals surface area contributed by atoms with Crippen LogP contribution in [0, 0.1) is 5.92 Å². The maximum absolute atomic E-state index is 12.6. The van der Waals surface area contributed by atoms with Gasteiger partial charge in [-0.2, -0.15) is 0 Å². The zero-order chi connectivity index (χ0) is 21.0. The van der Waals surface area contributed by atoms with Crippen molar-refractivity contribution in [1.82, 2.24) is 0 Å². The first-order valence-electron chi connectivity index (χ1n) is 9.39. The normalized spacial score (nSPS) is 26.2. The lowest BCUT2D eigenvalue weighted by molar-refractivity contribution is -0.151. The van der Waals surface area contributed by atoms with E-state index in [2.05, 4.69) is 19.2 Å². The quantitative estimate of drug-likeness (QED) is 0.317. The van der Waals surface area contributed by atoms with Crippen molar-refractivity contribution in [2.45, 2.75) is 65.3 Å². The molecule has 1 saturated heterocycles. The Balaban J connectivity index is 2.29. The van der Waals surface area contributed by atoms with E-state index in [-0.39, 0.29) is 5.57 Å². The highest BCUT2D eigenvalue weighted by molar-refractivity contribution is 5.92. The van der Waals surface area contributed by atoms with Gasteiger partial charge in [0, 0.05) is 18.9 Å². The summed E-state index contributed by atoms with van der Waals surface area (Å²) in [5.41, 5.74) is 2.48. The molecule has 0 radical (unpaired) electrons. The van der Waals surface area contributed by atoms with Crippen molar-refractivity contribution in [3.05, 3.63) is 47.6 Å². The summed E-state index contributed by atoms with van der Waals surface area (Å²) in [6, 6.07) is 0. The summed E-state index contributed by atoms with van der Waals surface area (Å²) in [4.78, 5) is 35.9. The zero-order valence-electron chi connectivity index (χ0n) is 16.9. The lowest BCUT2D eigenvalue weighted by atomic mass is 9.85. The number of esters is 3. The van der Waals surface area contributed by atoms with E-state index in [4.69, 9.17) is 14.2 Å². The molecule has 1 aliphatic heterocycles. The molecule has 4 unspecified atom stereocenters. The van der Waals surface area contributed by atoms with Crippen LogP contribution in [0.4, 0.5) is 0 Å². The van der Waals surface area contributed by atoms with Crippen LogP contribution in [0.2, 0.25) is 0 Å². The molecule has 1 fully saturated rings. The lowest BCUT2D eigenvalue weighted by Crippen LogP contribution is -2.35. The molecule has 0 spiro atoms. The molecule has 4 atom stereocenters. The zero-order valence-corrected chi connectivity index (χ0v) is 16.9. The van der Waals surface area contributed by atoms with Crippen LogP contribution in [0.15, 0.2) is 47.6 Å². The summed E-state index contributed by atoms with van der Waals surface area (Å²) >= 11 is 0. The topological polar surface area (TPSA) is 78.9 Å². The van der Waals surface area contributed by atoms with E-state index >= 15 is 0 Å². The first-order chi connectivity index (χ1) is 13.1. The van der Waals surface area contributed by atoms with Gasteiger partial charge in [-0.3, -0.25) is 4.79 Å². The summed E-state index contributed by atoms with van der Waals surface area (Å²) in [7, 11) is 0. The van der Waals surface area contributed by atoms with Crippen LogP contribution in [0.5, 0.6) is 0 Å². The van der Waals surface area contributed by atoms with Crippen molar-refractivity contribution < 1.29 is 28.6 Å². The molecule has 0 aromatic carbocycles. The highest BCUT2D eigenvalue weighted by Gasteiger charge is 2.44. The Morgan fingerprint density at radius 3 is 2.61 bits per heavy atom. The average Bonchev–Trinajstić information content (AvgIpc) is 2.86. The maximum Gasteiger partial charge on any atom is 0.337 e. The van der Waals surface area contributed by atoms with Crippen molar-refractivity contribution in [3.63, 3.8) is 0 Å². The molecule has 0 aromatic rings. The standard InChI is InChI=1S/C22H28O6/c1-12-8-7-9-13(2)11-19-20(15(4)22(25)28-19)18(10-12)27-21(24)14(3)16(5)26-17(6)23/h8,11,16,18-20H,3-4,7,9-10H2,1-2,5-6H3. The van der Waals surface area contributed by atoms with Crippen LogP contribution < -0.4 is 0 Å².